The van der Waals surface area contributed by atoms with Crippen molar-refractivity contribution in [1.82, 2.24) is 9.88 Å². The van der Waals surface area contributed by atoms with Crippen LogP contribution in [0, 0.1) is 18.3 Å². The zero-order chi connectivity index (χ0) is 19.2. The molecule has 1 aliphatic heterocycles. The summed E-state index contributed by atoms with van der Waals surface area (Å²) in [5.74, 6) is 1.35. The molecule has 0 radical (unpaired) electrons. The highest BCUT2D eigenvalue weighted by Gasteiger charge is 2.48. The van der Waals surface area contributed by atoms with E-state index in [9.17, 15) is 18.3 Å². The normalized spacial score (nSPS) is 25.9. The Morgan fingerprint density at radius 2 is 2.19 bits per heavy atom. The lowest BCUT2D eigenvalue weighted by Crippen LogP contribution is -2.30. The molecule has 146 valence electrons. The van der Waals surface area contributed by atoms with Crippen molar-refractivity contribution in [3.63, 3.8) is 0 Å². The molecule has 1 aliphatic carbocycles. The van der Waals surface area contributed by atoms with Gasteiger partial charge >= 0.3 is 6.18 Å². The molecule has 2 fully saturated rings. The van der Waals surface area contributed by atoms with Crippen molar-refractivity contribution in [1.29, 1.82) is 0 Å². The lowest BCUT2D eigenvalue weighted by Gasteiger charge is -2.26. The maximum Gasteiger partial charge on any atom is 0.416 e. The second kappa shape index (κ2) is 6.63. The van der Waals surface area contributed by atoms with Crippen molar-refractivity contribution < 1.29 is 22.7 Å². The van der Waals surface area contributed by atoms with Gasteiger partial charge in [0.25, 0.3) is 0 Å². The fourth-order valence-corrected chi connectivity index (χ4v) is 4.64. The van der Waals surface area contributed by atoms with Crippen molar-refractivity contribution in [3.05, 3.63) is 41.3 Å². The Morgan fingerprint density at radius 1 is 1.37 bits per heavy atom. The molecule has 0 amide bonds. The Hall–Kier alpha value is -1.86. The van der Waals surface area contributed by atoms with E-state index in [-0.39, 0.29) is 17.9 Å². The Labute approximate surface area is 156 Å². The molecule has 0 bridgehead atoms. The number of hydrogen-bond acceptors (Lipinski definition) is 4. The third kappa shape index (κ3) is 3.38. The van der Waals surface area contributed by atoms with E-state index >= 15 is 0 Å². The lowest BCUT2D eigenvalue weighted by atomic mass is 9.82. The van der Waals surface area contributed by atoms with Gasteiger partial charge in [-0.3, -0.25) is 4.90 Å². The summed E-state index contributed by atoms with van der Waals surface area (Å²) in [6.07, 6.45) is -1.03. The molecular formula is C20H23F3N2O2. The lowest BCUT2D eigenvalue weighted by molar-refractivity contribution is -0.137. The molecule has 1 N–H and O–H groups in total. The molecule has 1 saturated carbocycles. The van der Waals surface area contributed by atoms with Crippen LogP contribution >= 0.6 is 0 Å². The van der Waals surface area contributed by atoms with Crippen LogP contribution in [0.15, 0.2) is 28.7 Å². The number of benzene rings is 1. The number of hydrogen-bond donors (Lipinski definition) is 1. The number of oxazole rings is 1. The first-order chi connectivity index (χ1) is 12.8. The van der Waals surface area contributed by atoms with Crippen LogP contribution in [0.4, 0.5) is 13.2 Å². The molecule has 0 unspecified atom stereocenters. The molecule has 2 aliphatic rings. The smallest absolute Gasteiger partial charge is 0.416 e. The molecule has 1 saturated heterocycles. The number of aromatic nitrogens is 1. The molecule has 1 aromatic heterocycles. The Kier molecular flexibility index (Phi) is 4.55. The SMILES string of the molecule is Cc1oc(-c2cccc(C(F)(F)F)c2)nc1CN1C[C@@H]2CCC[C@]2(CO)C1. The summed E-state index contributed by atoms with van der Waals surface area (Å²) < 4.78 is 44.5. The number of alkyl halides is 3. The summed E-state index contributed by atoms with van der Waals surface area (Å²) in [5.41, 5.74) is 0.357. The van der Waals surface area contributed by atoms with Crippen LogP contribution < -0.4 is 0 Å². The molecule has 2 atom stereocenters. The van der Waals surface area contributed by atoms with E-state index < -0.39 is 11.7 Å². The second-order valence-electron chi connectivity index (χ2n) is 7.88. The van der Waals surface area contributed by atoms with Gasteiger partial charge in [0, 0.05) is 30.6 Å². The van der Waals surface area contributed by atoms with E-state index in [2.05, 4.69) is 9.88 Å². The summed E-state index contributed by atoms with van der Waals surface area (Å²) in [6.45, 7) is 4.34. The number of aryl methyl sites for hydroxylation is 1. The summed E-state index contributed by atoms with van der Waals surface area (Å²) in [6, 6.07) is 5.04. The van der Waals surface area contributed by atoms with Crippen molar-refractivity contribution in [2.45, 2.75) is 38.9 Å². The summed E-state index contributed by atoms with van der Waals surface area (Å²) in [7, 11) is 0. The highest BCUT2D eigenvalue weighted by atomic mass is 19.4. The van der Waals surface area contributed by atoms with Gasteiger partial charge in [0.1, 0.15) is 5.76 Å². The van der Waals surface area contributed by atoms with E-state index in [1.165, 1.54) is 12.5 Å². The van der Waals surface area contributed by atoms with E-state index in [4.69, 9.17) is 4.42 Å². The third-order valence-corrected chi connectivity index (χ3v) is 6.13. The largest absolute Gasteiger partial charge is 0.441 e. The van der Waals surface area contributed by atoms with Gasteiger partial charge in [-0.1, -0.05) is 12.5 Å². The molecule has 4 nitrogen and oxygen atoms in total. The molecule has 2 aromatic rings. The highest BCUT2D eigenvalue weighted by molar-refractivity contribution is 5.55. The van der Waals surface area contributed by atoms with Crippen LogP contribution in [0.5, 0.6) is 0 Å². The van der Waals surface area contributed by atoms with Crippen molar-refractivity contribution in [2.24, 2.45) is 11.3 Å². The van der Waals surface area contributed by atoms with Gasteiger partial charge in [-0.15, -0.1) is 0 Å². The van der Waals surface area contributed by atoms with Gasteiger partial charge < -0.3 is 9.52 Å². The first kappa shape index (κ1) is 18.5. The number of rotatable bonds is 4. The average molecular weight is 380 g/mol. The van der Waals surface area contributed by atoms with Crippen molar-refractivity contribution in [3.8, 4) is 11.5 Å². The maximum absolute atomic E-state index is 12.9. The predicted molar refractivity (Wildman–Crippen MR) is 93.8 cm³/mol. The minimum absolute atomic E-state index is 0.00150. The van der Waals surface area contributed by atoms with Gasteiger partial charge in [0.2, 0.25) is 5.89 Å². The van der Waals surface area contributed by atoms with E-state index in [1.54, 1.807) is 13.0 Å². The van der Waals surface area contributed by atoms with Crippen LogP contribution in [-0.2, 0) is 12.7 Å². The van der Waals surface area contributed by atoms with Gasteiger partial charge in [0.15, 0.2) is 0 Å². The first-order valence-corrected chi connectivity index (χ1v) is 9.28. The maximum atomic E-state index is 12.9. The van der Waals surface area contributed by atoms with Crippen LogP contribution in [0.3, 0.4) is 0 Å². The highest BCUT2D eigenvalue weighted by Crippen LogP contribution is 2.48. The summed E-state index contributed by atoms with van der Waals surface area (Å²) >= 11 is 0. The van der Waals surface area contributed by atoms with Crippen LogP contribution in [0.2, 0.25) is 0 Å². The average Bonchev–Trinajstić information content (AvgIpc) is 3.27. The number of nitrogens with zero attached hydrogens (tertiary/aromatic N) is 2. The zero-order valence-corrected chi connectivity index (χ0v) is 15.2. The second-order valence-corrected chi connectivity index (χ2v) is 7.88. The first-order valence-electron chi connectivity index (χ1n) is 9.28. The third-order valence-electron chi connectivity index (χ3n) is 6.13. The number of aliphatic hydroxyl groups is 1. The Morgan fingerprint density at radius 3 is 2.89 bits per heavy atom. The summed E-state index contributed by atoms with van der Waals surface area (Å²) in [5, 5.41) is 9.86. The quantitative estimate of drug-likeness (QED) is 0.861. The minimum atomic E-state index is -4.40. The minimum Gasteiger partial charge on any atom is -0.441 e. The van der Waals surface area contributed by atoms with Crippen LogP contribution in [0.25, 0.3) is 11.5 Å². The fraction of sp³-hybridized carbons (Fsp3) is 0.550. The molecule has 2 heterocycles. The molecule has 1 aromatic carbocycles. The fourth-order valence-electron chi connectivity index (χ4n) is 4.64. The molecule has 4 rings (SSSR count). The zero-order valence-electron chi connectivity index (χ0n) is 15.2. The van der Waals surface area contributed by atoms with Gasteiger partial charge in [-0.25, -0.2) is 4.98 Å². The van der Waals surface area contributed by atoms with Crippen molar-refractivity contribution in [2.75, 3.05) is 19.7 Å². The van der Waals surface area contributed by atoms with Gasteiger partial charge in [-0.05, 0) is 43.9 Å². The number of halogens is 3. The number of fused-ring (bicyclic) bond motifs is 1. The van der Waals surface area contributed by atoms with E-state index in [1.807, 2.05) is 0 Å². The number of aliphatic hydroxyl groups excluding tert-OH is 1. The van der Waals surface area contributed by atoms with Crippen LogP contribution in [0.1, 0.15) is 36.3 Å². The predicted octanol–water partition coefficient (Wildman–Crippen LogP) is 4.26. The number of likely N-dealkylation sites (tertiary alicyclic amines) is 1. The summed E-state index contributed by atoms with van der Waals surface area (Å²) in [4.78, 5) is 6.75. The Balaban J connectivity index is 1.53. The van der Waals surface area contributed by atoms with Gasteiger partial charge in [-0.2, -0.15) is 13.2 Å². The monoisotopic (exact) mass is 380 g/mol. The van der Waals surface area contributed by atoms with E-state index in [0.29, 0.717) is 23.8 Å². The van der Waals surface area contributed by atoms with Crippen LogP contribution in [-0.4, -0.2) is 34.7 Å². The molecule has 7 heteroatoms. The molecule has 0 spiro atoms. The van der Waals surface area contributed by atoms with Crippen molar-refractivity contribution >= 4 is 0 Å². The molecule has 27 heavy (non-hydrogen) atoms. The Bertz CT molecular complexity index is 833. The standard InChI is InChI=1S/C20H23F3N2O2/c1-13-17(10-25-9-16-6-3-7-19(16,11-25)12-26)24-18(27-13)14-4-2-5-15(8-14)20(21,22)23/h2,4-5,8,16,26H,3,6-7,9-12H2,1H3/t16-,19+/m0/s1. The van der Waals surface area contributed by atoms with Gasteiger partial charge in [0.05, 0.1) is 17.9 Å². The topological polar surface area (TPSA) is 49.5 Å². The molecular weight excluding hydrogens is 357 g/mol. The van der Waals surface area contributed by atoms with E-state index in [0.717, 1.165) is 43.8 Å².